The van der Waals surface area contributed by atoms with Crippen LogP contribution < -0.4 is 5.32 Å². The highest BCUT2D eigenvalue weighted by Crippen LogP contribution is 2.42. The number of nitrogens with one attached hydrogen (secondary N) is 1. The van der Waals surface area contributed by atoms with E-state index >= 15 is 0 Å². The second kappa shape index (κ2) is 6.25. The maximum atomic E-state index is 6.32. The topological polar surface area (TPSA) is 21.3 Å². The summed E-state index contributed by atoms with van der Waals surface area (Å²) in [5.74, 6) is 0.633. The van der Waals surface area contributed by atoms with Crippen LogP contribution in [-0.4, -0.2) is 19.8 Å². The molecule has 4 heteroatoms. The van der Waals surface area contributed by atoms with Crippen molar-refractivity contribution in [1.29, 1.82) is 0 Å². The average molecular weight is 288 g/mol. The van der Waals surface area contributed by atoms with Gasteiger partial charge in [-0.3, -0.25) is 0 Å². The van der Waals surface area contributed by atoms with Crippen molar-refractivity contribution in [2.75, 3.05) is 13.7 Å². The third-order valence-corrected chi connectivity index (χ3v) is 4.26. The van der Waals surface area contributed by atoms with Crippen molar-refractivity contribution in [3.63, 3.8) is 0 Å². The van der Waals surface area contributed by atoms with Crippen LogP contribution in [0.2, 0.25) is 10.0 Å². The van der Waals surface area contributed by atoms with E-state index in [1.54, 1.807) is 7.11 Å². The van der Waals surface area contributed by atoms with E-state index in [9.17, 15) is 0 Å². The molecule has 2 atom stereocenters. The van der Waals surface area contributed by atoms with Gasteiger partial charge in [0.05, 0.1) is 22.2 Å². The number of benzene rings is 1. The molecular formula is C14H19Cl2NO. The highest BCUT2D eigenvalue weighted by molar-refractivity contribution is 6.42. The van der Waals surface area contributed by atoms with Crippen molar-refractivity contribution in [3.05, 3.63) is 33.8 Å². The highest BCUT2D eigenvalue weighted by atomic mass is 35.5. The summed E-state index contributed by atoms with van der Waals surface area (Å²) in [5, 5.41) is 4.70. The number of hydrogen-bond acceptors (Lipinski definition) is 2. The van der Waals surface area contributed by atoms with E-state index in [0.717, 1.165) is 12.1 Å². The molecule has 2 rings (SSSR count). The van der Waals surface area contributed by atoms with Gasteiger partial charge in [0.2, 0.25) is 0 Å². The van der Waals surface area contributed by atoms with Gasteiger partial charge >= 0.3 is 0 Å². The molecule has 18 heavy (non-hydrogen) atoms. The number of methoxy groups -OCH3 is 1. The molecule has 0 spiro atoms. The van der Waals surface area contributed by atoms with Gasteiger partial charge in [0.1, 0.15) is 0 Å². The van der Waals surface area contributed by atoms with Gasteiger partial charge in [0, 0.05) is 7.11 Å². The first-order valence-electron chi connectivity index (χ1n) is 6.39. The summed E-state index contributed by atoms with van der Waals surface area (Å²) in [6, 6.07) is 5.89. The molecule has 1 saturated carbocycles. The molecule has 0 saturated heterocycles. The Bertz CT molecular complexity index is 407. The molecule has 1 N–H and O–H groups in total. The largest absolute Gasteiger partial charge is 0.379 e. The van der Waals surface area contributed by atoms with Crippen molar-refractivity contribution in [3.8, 4) is 0 Å². The fourth-order valence-corrected chi connectivity index (χ4v) is 2.83. The minimum Gasteiger partial charge on any atom is -0.379 e. The predicted molar refractivity (Wildman–Crippen MR) is 76.4 cm³/mol. The molecule has 1 fully saturated rings. The van der Waals surface area contributed by atoms with Crippen molar-refractivity contribution < 1.29 is 4.74 Å². The summed E-state index contributed by atoms with van der Waals surface area (Å²) in [4.78, 5) is 0. The summed E-state index contributed by atoms with van der Waals surface area (Å²) >= 11 is 12.4. The number of rotatable bonds is 6. The van der Waals surface area contributed by atoms with E-state index in [1.807, 2.05) is 18.2 Å². The van der Waals surface area contributed by atoms with E-state index < -0.39 is 0 Å². The number of likely N-dealkylation sites (N-methyl/N-ethyl adjacent to an activating group) is 1. The summed E-state index contributed by atoms with van der Waals surface area (Å²) < 4.78 is 5.67. The molecule has 0 bridgehead atoms. The summed E-state index contributed by atoms with van der Waals surface area (Å²) in [6.07, 6.45) is 2.64. The Morgan fingerprint density at radius 3 is 2.67 bits per heavy atom. The molecule has 1 aliphatic rings. The molecule has 2 unspecified atom stereocenters. The second-order valence-electron chi connectivity index (χ2n) is 4.72. The maximum absolute atomic E-state index is 6.32. The van der Waals surface area contributed by atoms with Gasteiger partial charge in [0.25, 0.3) is 0 Å². The third kappa shape index (κ3) is 3.00. The Morgan fingerprint density at radius 2 is 2.11 bits per heavy atom. The lowest BCUT2D eigenvalue weighted by Crippen LogP contribution is -2.35. The van der Waals surface area contributed by atoms with E-state index in [0.29, 0.717) is 16.0 Å². The van der Waals surface area contributed by atoms with Crippen LogP contribution >= 0.6 is 23.2 Å². The lowest BCUT2D eigenvalue weighted by Gasteiger charge is -2.28. The van der Waals surface area contributed by atoms with Gasteiger partial charge in [0.15, 0.2) is 0 Å². The molecular weight excluding hydrogens is 269 g/mol. The smallest absolute Gasteiger partial charge is 0.0794 e. The van der Waals surface area contributed by atoms with Gasteiger partial charge in [-0.25, -0.2) is 0 Å². The van der Waals surface area contributed by atoms with Crippen molar-refractivity contribution >= 4 is 23.2 Å². The first kappa shape index (κ1) is 14.1. The minimum absolute atomic E-state index is 0.110. The zero-order chi connectivity index (χ0) is 13.1. The number of ether oxygens (including phenoxy) is 1. The predicted octanol–water partition coefficient (Wildman–Crippen LogP) is 4.07. The first-order chi connectivity index (χ1) is 8.69. The Balaban J connectivity index is 2.30. The normalized spacial score (nSPS) is 18.7. The highest BCUT2D eigenvalue weighted by Gasteiger charge is 2.38. The standard InChI is InChI=1S/C14H19Cl2NO/c1-3-17-13(14(18-2)9-7-8-9)10-5-4-6-11(15)12(10)16/h4-6,9,13-14,17H,3,7-8H2,1-2H3. The summed E-state index contributed by atoms with van der Waals surface area (Å²) in [6.45, 7) is 2.96. The summed E-state index contributed by atoms with van der Waals surface area (Å²) in [5.41, 5.74) is 1.03. The van der Waals surface area contributed by atoms with Gasteiger partial charge in [-0.2, -0.15) is 0 Å². The van der Waals surface area contributed by atoms with Crippen LogP contribution in [0.4, 0.5) is 0 Å². The fourth-order valence-electron chi connectivity index (χ4n) is 2.41. The molecule has 0 radical (unpaired) electrons. The first-order valence-corrected chi connectivity index (χ1v) is 7.14. The number of hydrogen-bond donors (Lipinski definition) is 1. The Morgan fingerprint density at radius 1 is 1.39 bits per heavy atom. The van der Waals surface area contributed by atoms with Crippen LogP contribution in [0.25, 0.3) is 0 Å². The second-order valence-corrected chi connectivity index (χ2v) is 5.50. The molecule has 1 aromatic rings. The zero-order valence-electron chi connectivity index (χ0n) is 10.7. The van der Waals surface area contributed by atoms with Crippen LogP contribution in [0.3, 0.4) is 0 Å². The Labute approximate surface area is 119 Å². The quantitative estimate of drug-likeness (QED) is 0.852. The molecule has 1 aliphatic carbocycles. The monoisotopic (exact) mass is 287 g/mol. The molecule has 1 aromatic carbocycles. The summed E-state index contributed by atoms with van der Waals surface area (Å²) in [7, 11) is 1.77. The molecule has 0 heterocycles. The van der Waals surface area contributed by atoms with E-state index in [2.05, 4.69) is 12.2 Å². The SMILES string of the molecule is CCNC(c1cccc(Cl)c1Cl)C(OC)C1CC1. The maximum Gasteiger partial charge on any atom is 0.0794 e. The average Bonchev–Trinajstić information content (AvgIpc) is 3.17. The lowest BCUT2D eigenvalue weighted by molar-refractivity contribution is 0.0512. The van der Waals surface area contributed by atoms with Crippen LogP contribution in [0, 0.1) is 5.92 Å². The Kier molecular flexibility index (Phi) is 4.91. The number of halogens is 2. The van der Waals surface area contributed by atoms with Crippen molar-refractivity contribution in [2.45, 2.75) is 31.9 Å². The molecule has 100 valence electrons. The van der Waals surface area contributed by atoms with Gasteiger partial charge in [-0.05, 0) is 36.9 Å². The van der Waals surface area contributed by atoms with Gasteiger partial charge < -0.3 is 10.1 Å². The zero-order valence-corrected chi connectivity index (χ0v) is 12.3. The molecule has 0 aliphatic heterocycles. The lowest BCUT2D eigenvalue weighted by atomic mass is 9.97. The molecule has 0 aromatic heterocycles. The molecule has 2 nitrogen and oxygen atoms in total. The van der Waals surface area contributed by atoms with Crippen molar-refractivity contribution in [1.82, 2.24) is 5.32 Å². The Hall–Kier alpha value is -0.280. The van der Waals surface area contributed by atoms with Crippen LogP contribution in [0.5, 0.6) is 0 Å². The van der Waals surface area contributed by atoms with E-state index in [-0.39, 0.29) is 12.1 Å². The van der Waals surface area contributed by atoms with Crippen molar-refractivity contribution in [2.24, 2.45) is 5.92 Å². The fraction of sp³-hybridized carbons (Fsp3) is 0.571. The van der Waals surface area contributed by atoms with Crippen LogP contribution in [-0.2, 0) is 4.74 Å². The third-order valence-electron chi connectivity index (χ3n) is 3.43. The van der Waals surface area contributed by atoms with Gasteiger partial charge in [-0.1, -0.05) is 42.3 Å². The van der Waals surface area contributed by atoms with Crippen LogP contribution in [0.15, 0.2) is 18.2 Å². The molecule has 0 amide bonds. The minimum atomic E-state index is 0.110. The van der Waals surface area contributed by atoms with Crippen LogP contribution in [0.1, 0.15) is 31.4 Å². The van der Waals surface area contributed by atoms with Gasteiger partial charge in [-0.15, -0.1) is 0 Å². The van der Waals surface area contributed by atoms with E-state index in [4.69, 9.17) is 27.9 Å². The van der Waals surface area contributed by atoms with E-state index in [1.165, 1.54) is 12.8 Å².